The molecule has 0 bridgehead atoms. The molecule has 0 aromatic heterocycles. The predicted molar refractivity (Wildman–Crippen MR) is 32.3 cm³/mol. The molecule has 0 radical (unpaired) electrons. The van der Waals surface area contributed by atoms with Gasteiger partial charge in [0.05, 0.1) is 0 Å². The fourth-order valence-electron chi connectivity index (χ4n) is 0.534. The first-order valence-corrected chi connectivity index (χ1v) is 2.41. The summed E-state index contributed by atoms with van der Waals surface area (Å²) < 4.78 is 0. The van der Waals surface area contributed by atoms with Crippen molar-refractivity contribution in [3.8, 4) is 0 Å². The fourth-order valence-corrected chi connectivity index (χ4v) is 0.534. The largest absolute Gasteiger partial charge is 1.00 e. The van der Waals surface area contributed by atoms with Gasteiger partial charge in [0.2, 0.25) is 0 Å². The molecule has 1 rings (SSSR count). The summed E-state index contributed by atoms with van der Waals surface area (Å²) in [5.41, 5.74) is 1.32. The molecule has 0 N–H and O–H groups in total. The Morgan fingerprint density at radius 3 is 1.88 bits per heavy atom. The van der Waals surface area contributed by atoms with Crippen molar-refractivity contribution < 1.29 is 31.0 Å². The standard InChI is InChI=1S/C7H8.Na.H/c1-7-5-3-2-4-6-7;;/h2-6H,1H3;;/q;+1;-1. The summed E-state index contributed by atoms with van der Waals surface area (Å²) in [6, 6.07) is 10.3. The van der Waals surface area contributed by atoms with E-state index >= 15 is 0 Å². The molecule has 0 aliphatic heterocycles. The molecule has 1 heteroatoms. The van der Waals surface area contributed by atoms with Crippen LogP contribution in [0.4, 0.5) is 0 Å². The molecule has 1 aromatic rings. The van der Waals surface area contributed by atoms with Crippen LogP contribution in [0.2, 0.25) is 0 Å². The smallest absolute Gasteiger partial charge is 1.00 e. The molecule has 0 saturated carbocycles. The first-order valence-electron chi connectivity index (χ1n) is 2.41. The van der Waals surface area contributed by atoms with E-state index in [1.165, 1.54) is 5.56 Å². The third-order valence-corrected chi connectivity index (χ3v) is 0.940. The number of benzene rings is 1. The van der Waals surface area contributed by atoms with Crippen molar-refractivity contribution >= 4 is 0 Å². The Hall–Kier alpha value is 0.220. The van der Waals surface area contributed by atoms with E-state index in [0.29, 0.717) is 0 Å². The average Bonchev–Trinajstić information content (AvgIpc) is 1.69. The molecule has 8 heavy (non-hydrogen) atoms. The molecule has 0 aliphatic rings. The van der Waals surface area contributed by atoms with Crippen LogP contribution in [0.25, 0.3) is 0 Å². The Balaban J connectivity index is 0. The topological polar surface area (TPSA) is 0 Å². The molecule has 0 spiro atoms. The Morgan fingerprint density at radius 2 is 1.62 bits per heavy atom. The van der Waals surface area contributed by atoms with Gasteiger partial charge >= 0.3 is 29.6 Å². The van der Waals surface area contributed by atoms with Gasteiger partial charge in [-0.3, -0.25) is 0 Å². The number of rotatable bonds is 0. The molecule has 38 valence electrons. The third-order valence-electron chi connectivity index (χ3n) is 0.940. The Labute approximate surface area is 73.7 Å². The minimum Gasteiger partial charge on any atom is -1.00 e. The van der Waals surface area contributed by atoms with Crippen LogP contribution in [0.5, 0.6) is 0 Å². The van der Waals surface area contributed by atoms with Gasteiger partial charge in [-0.05, 0) is 6.92 Å². The van der Waals surface area contributed by atoms with E-state index in [4.69, 9.17) is 0 Å². The molecule has 0 heterocycles. The maximum Gasteiger partial charge on any atom is 1.00 e. The summed E-state index contributed by atoms with van der Waals surface area (Å²) in [5, 5.41) is 0. The molecule has 1 aromatic carbocycles. The van der Waals surface area contributed by atoms with Gasteiger partial charge in [-0.1, -0.05) is 35.9 Å². The molecule has 0 nitrogen and oxygen atoms in total. The van der Waals surface area contributed by atoms with Crippen molar-refractivity contribution in [2.24, 2.45) is 0 Å². The van der Waals surface area contributed by atoms with Crippen LogP contribution >= 0.6 is 0 Å². The second-order valence-electron chi connectivity index (χ2n) is 1.65. The summed E-state index contributed by atoms with van der Waals surface area (Å²) in [6.07, 6.45) is 0. The molecule has 0 atom stereocenters. The zero-order chi connectivity index (χ0) is 5.11. The van der Waals surface area contributed by atoms with Gasteiger partial charge in [0.25, 0.3) is 0 Å². The normalized spacial score (nSPS) is 7.62. The quantitative estimate of drug-likeness (QED) is 0.386. The van der Waals surface area contributed by atoms with Gasteiger partial charge in [0.15, 0.2) is 0 Å². The first kappa shape index (κ1) is 8.22. The third kappa shape index (κ3) is 2.51. The van der Waals surface area contributed by atoms with Crippen molar-refractivity contribution in [2.45, 2.75) is 6.92 Å². The molecular formula is C7H9Na. The summed E-state index contributed by atoms with van der Waals surface area (Å²) in [5.74, 6) is 0. The number of hydrogen-bond acceptors (Lipinski definition) is 0. The van der Waals surface area contributed by atoms with Gasteiger partial charge in [-0.25, -0.2) is 0 Å². The maximum absolute atomic E-state index is 2.08. The zero-order valence-electron chi connectivity index (χ0n) is 6.39. The van der Waals surface area contributed by atoms with Crippen LogP contribution in [0.15, 0.2) is 30.3 Å². The van der Waals surface area contributed by atoms with Crippen LogP contribution in [0, 0.1) is 6.92 Å². The minimum atomic E-state index is 0. The van der Waals surface area contributed by atoms with E-state index in [-0.39, 0.29) is 31.0 Å². The Bertz CT molecular complexity index is 139. The van der Waals surface area contributed by atoms with Crippen molar-refractivity contribution in [1.82, 2.24) is 0 Å². The average molecular weight is 116 g/mol. The summed E-state index contributed by atoms with van der Waals surface area (Å²) in [4.78, 5) is 0. The van der Waals surface area contributed by atoms with E-state index in [2.05, 4.69) is 19.1 Å². The number of hydrogen-bond donors (Lipinski definition) is 0. The monoisotopic (exact) mass is 116 g/mol. The van der Waals surface area contributed by atoms with Gasteiger partial charge in [-0.2, -0.15) is 0 Å². The van der Waals surface area contributed by atoms with E-state index in [0.717, 1.165) is 0 Å². The van der Waals surface area contributed by atoms with Crippen LogP contribution < -0.4 is 29.6 Å². The molecule has 0 aliphatic carbocycles. The first-order chi connectivity index (χ1) is 3.39. The van der Waals surface area contributed by atoms with Crippen molar-refractivity contribution in [1.29, 1.82) is 0 Å². The molecule has 0 fully saturated rings. The summed E-state index contributed by atoms with van der Waals surface area (Å²) in [7, 11) is 0. The number of aryl methyl sites for hydroxylation is 1. The Morgan fingerprint density at radius 1 is 1.12 bits per heavy atom. The second kappa shape index (κ2) is 4.13. The van der Waals surface area contributed by atoms with E-state index in [1.807, 2.05) is 18.2 Å². The van der Waals surface area contributed by atoms with E-state index in [1.54, 1.807) is 0 Å². The predicted octanol–water partition coefficient (Wildman–Crippen LogP) is -0.888. The zero-order valence-corrected chi connectivity index (χ0v) is 7.39. The summed E-state index contributed by atoms with van der Waals surface area (Å²) >= 11 is 0. The van der Waals surface area contributed by atoms with Crippen molar-refractivity contribution in [3.63, 3.8) is 0 Å². The van der Waals surface area contributed by atoms with Crippen LogP contribution in [-0.2, 0) is 0 Å². The Kier molecular flexibility index (Phi) is 4.25. The molecule has 0 amide bonds. The van der Waals surface area contributed by atoms with Crippen LogP contribution in [0.1, 0.15) is 6.99 Å². The molecule has 0 unspecified atom stereocenters. The van der Waals surface area contributed by atoms with Crippen LogP contribution in [0.3, 0.4) is 0 Å². The molecular weight excluding hydrogens is 107 g/mol. The van der Waals surface area contributed by atoms with Crippen molar-refractivity contribution in [3.05, 3.63) is 35.9 Å². The van der Waals surface area contributed by atoms with Gasteiger partial charge in [0, 0.05) is 0 Å². The van der Waals surface area contributed by atoms with Gasteiger partial charge in [-0.15, -0.1) is 0 Å². The van der Waals surface area contributed by atoms with Crippen molar-refractivity contribution in [2.75, 3.05) is 0 Å². The van der Waals surface area contributed by atoms with E-state index in [9.17, 15) is 0 Å². The van der Waals surface area contributed by atoms with E-state index < -0.39 is 0 Å². The fraction of sp³-hybridized carbons (Fsp3) is 0.143. The minimum absolute atomic E-state index is 0. The second-order valence-corrected chi connectivity index (χ2v) is 1.65. The summed E-state index contributed by atoms with van der Waals surface area (Å²) in [6.45, 7) is 2.08. The van der Waals surface area contributed by atoms with Gasteiger partial charge in [0.1, 0.15) is 0 Å². The van der Waals surface area contributed by atoms with Crippen LogP contribution in [-0.4, -0.2) is 0 Å². The molecule has 0 saturated heterocycles. The SMILES string of the molecule is Cc1ccccc1.[H-].[Na+]. The van der Waals surface area contributed by atoms with Gasteiger partial charge < -0.3 is 1.43 Å². The maximum atomic E-state index is 2.08.